The molecule has 0 saturated heterocycles. The Morgan fingerprint density at radius 2 is 1.75 bits per heavy atom. The Kier molecular flexibility index (Phi) is 4.33. The third kappa shape index (κ3) is 3.15. The van der Waals surface area contributed by atoms with E-state index in [-0.39, 0.29) is 17.8 Å². The van der Waals surface area contributed by atoms with Gasteiger partial charge in [-0.05, 0) is 31.5 Å². The van der Waals surface area contributed by atoms with Crippen molar-refractivity contribution in [3.63, 3.8) is 0 Å². The highest BCUT2D eigenvalue weighted by molar-refractivity contribution is 5.84. The number of rotatable bonds is 4. The highest BCUT2D eigenvalue weighted by Crippen LogP contribution is 2.40. The zero-order chi connectivity index (χ0) is 17.1. The van der Waals surface area contributed by atoms with Gasteiger partial charge in [0.1, 0.15) is 0 Å². The second-order valence-electron chi connectivity index (χ2n) is 5.68. The van der Waals surface area contributed by atoms with Crippen molar-refractivity contribution in [3.8, 4) is 33.9 Å². The monoisotopic (exact) mass is 321 g/mol. The second kappa shape index (κ2) is 6.58. The molecule has 1 aromatic heterocycles. The molecule has 1 heterocycles. The largest absolute Gasteiger partial charge is 0.504 e. The normalized spacial score (nSPS) is 10.8. The van der Waals surface area contributed by atoms with Crippen molar-refractivity contribution in [2.45, 2.75) is 20.0 Å². The van der Waals surface area contributed by atoms with Crippen LogP contribution >= 0.6 is 0 Å². The molecular weight excluding hydrogens is 302 g/mol. The van der Waals surface area contributed by atoms with E-state index in [2.05, 4.69) is 9.97 Å². The molecule has 5 nitrogen and oxygen atoms in total. The van der Waals surface area contributed by atoms with Gasteiger partial charge in [0.25, 0.3) is 0 Å². The minimum Gasteiger partial charge on any atom is -0.504 e. The Labute approximate surface area is 140 Å². The van der Waals surface area contributed by atoms with E-state index in [0.29, 0.717) is 17.0 Å². The van der Waals surface area contributed by atoms with Gasteiger partial charge in [0.15, 0.2) is 11.5 Å². The number of aromatic hydroxyl groups is 1. The van der Waals surface area contributed by atoms with Crippen molar-refractivity contribution < 1.29 is 9.84 Å². The maximum absolute atomic E-state index is 10.6. The average molecular weight is 321 g/mol. The van der Waals surface area contributed by atoms with E-state index < -0.39 is 0 Å². The molecule has 0 amide bonds. The SMILES string of the molecule is CC(C)Oc1cccc(-c2nc(N)ncc2-c2ccccc2)c1O. The first-order valence-corrected chi connectivity index (χ1v) is 7.73. The molecule has 122 valence electrons. The number of nitrogens with zero attached hydrogens (tertiary/aromatic N) is 2. The van der Waals surface area contributed by atoms with Gasteiger partial charge in [-0.2, -0.15) is 0 Å². The lowest BCUT2D eigenvalue weighted by molar-refractivity contribution is 0.232. The van der Waals surface area contributed by atoms with Crippen molar-refractivity contribution in [1.82, 2.24) is 9.97 Å². The van der Waals surface area contributed by atoms with Crippen LogP contribution in [0.15, 0.2) is 54.7 Å². The van der Waals surface area contributed by atoms with E-state index in [1.807, 2.05) is 50.2 Å². The van der Waals surface area contributed by atoms with Gasteiger partial charge < -0.3 is 15.6 Å². The molecular formula is C19H19N3O2. The predicted molar refractivity (Wildman–Crippen MR) is 94.7 cm³/mol. The summed E-state index contributed by atoms with van der Waals surface area (Å²) in [6.07, 6.45) is 1.62. The number of ether oxygens (including phenoxy) is 1. The Bertz CT molecular complexity index is 848. The lowest BCUT2D eigenvalue weighted by Crippen LogP contribution is -2.06. The van der Waals surface area contributed by atoms with E-state index in [9.17, 15) is 5.11 Å². The summed E-state index contributed by atoms with van der Waals surface area (Å²) in [5.74, 6) is 0.611. The van der Waals surface area contributed by atoms with Crippen LogP contribution in [0.3, 0.4) is 0 Å². The number of anilines is 1. The first-order valence-electron chi connectivity index (χ1n) is 7.73. The number of aromatic nitrogens is 2. The summed E-state index contributed by atoms with van der Waals surface area (Å²) in [5, 5.41) is 10.6. The summed E-state index contributed by atoms with van der Waals surface area (Å²) in [4.78, 5) is 8.45. The molecule has 0 spiro atoms. The molecule has 3 aromatic rings. The molecule has 0 aliphatic carbocycles. The molecule has 0 aliphatic rings. The molecule has 0 atom stereocenters. The van der Waals surface area contributed by atoms with Crippen molar-refractivity contribution in [1.29, 1.82) is 0 Å². The molecule has 5 heteroatoms. The Balaban J connectivity index is 2.18. The lowest BCUT2D eigenvalue weighted by atomic mass is 10.00. The van der Waals surface area contributed by atoms with Crippen LogP contribution in [0.2, 0.25) is 0 Å². The molecule has 0 saturated carbocycles. The molecule has 0 bridgehead atoms. The third-order valence-corrected chi connectivity index (χ3v) is 3.51. The van der Waals surface area contributed by atoms with E-state index in [1.54, 1.807) is 18.3 Å². The zero-order valence-corrected chi connectivity index (χ0v) is 13.6. The van der Waals surface area contributed by atoms with E-state index >= 15 is 0 Å². The summed E-state index contributed by atoms with van der Waals surface area (Å²) in [6.45, 7) is 3.81. The Morgan fingerprint density at radius 3 is 2.46 bits per heavy atom. The standard InChI is InChI=1S/C19H19N3O2/c1-12(2)24-16-10-6-9-14(18(16)23)17-15(11-21-19(20)22-17)13-7-4-3-5-8-13/h3-12,23H,1-2H3,(H2,20,21,22). The highest BCUT2D eigenvalue weighted by atomic mass is 16.5. The van der Waals surface area contributed by atoms with Gasteiger partial charge in [-0.3, -0.25) is 0 Å². The Hall–Kier alpha value is -3.08. The van der Waals surface area contributed by atoms with Crippen LogP contribution < -0.4 is 10.5 Å². The minimum atomic E-state index is -0.0461. The number of phenolic OH excluding ortho intramolecular Hbond substituents is 1. The van der Waals surface area contributed by atoms with Crippen molar-refractivity contribution in [2.24, 2.45) is 0 Å². The van der Waals surface area contributed by atoms with Gasteiger partial charge in [0, 0.05) is 17.3 Å². The van der Waals surface area contributed by atoms with Crippen LogP contribution in [0, 0.1) is 0 Å². The van der Waals surface area contributed by atoms with Crippen molar-refractivity contribution in [2.75, 3.05) is 5.73 Å². The Morgan fingerprint density at radius 1 is 1.00 bits per heavy atom. The quantitative estimate of drug-likeness (QED) is 0.762. The molecule has 2 aromatic carbocycles. The maximum Gasteiger partial charge on any atom is 0.220 e. The van der Waals surface area contributed by atoms with Crippen LogP contribution in [0.4, 0.5) is 5.95 Å². The summed E-state index contributed by atoms with van der Waals surface area (Å²) in [5.41, 5.74) is 8.64. The van der Waals surface area contributed by atoms with Gasteiger partial charge in [0.05, 0.1) is 11.8 Å². The minimum absolute atomic E-state index is 0.0430. The predicted octanol–water partition coefficient (Wildman–Crippen LogP) is 3.89. The number of phenols is 1. The number of nitrogens with two attached hydrogens (primary N) is 1. The fourth-order valence-electron chi connectivity index (χ4n) is 2.49. The molecule has 3 rings (SSSR count). The van der Waals surface area contributed by atoms with E-state index in [0.717, 1.165) is 11.1 Å². The molecule has 0 aliphatic heterocycles. The number of benzene rings is 2. The number of nitrogen functional groups attached to an aromatic ring is 1. The second-order valence-corrected chi connectivity index (χ2v) is 5.68. The summed E-state index contributed by atoms with van der Waals surface area (Å²) in [7, 11) is 0. The lowest BCUT2D eigenvalue weighted by Gasteiger charge is -2.15. The molecule has 24 heavy (non-hydrogen) atoms. The van der Waals surface area contributed by atoms with Gasteiger partial charge in [-0.1, -0.05) is 36.4 Å². The first kappa shape index (κ1) is 15.8. The fraction of sp³-hybridized carbons (Fsp3) is 0.158. The van der Waals surface area contributed by atoms with E-state index in [1.165, 1.54) is 0 Å². The van der Waals surface area contributed by atoms with Crippen LogP contribution in [-0.2, 0) is 0 Å². The summed E-state index contributed by atoms with van der Waals surface area (Å²) >= 11 is 0. The van der Waals surface area contributed by atoms with E-state index in [4.69, 9.17) is 10.5 Å². The van der Waals surface area contributed by atoms with Gasteiger partial charge in [0.2, 0.25) is 5.95 Å². The van der Waals surface area contributed by atoms with Crippen LogP contribution in [0.5, 0.6) is 11.5 Å². The van der Waals surface area contributed by atoms with Gasteiger partial charge in [-0.25, -0.2) is 9.97 Å². The fourth-order valence-corrected chi connectivity index (χ4v) is 2.49. The average Bonchev–Trinajstić information content (AvgIpc) is 2.57. The molecule has 0 radical (unpaired) electrons. The smallest absolute Gasteiger partial charge is 0.220 e. The summed E-state index contributed by atoms with van der Waals surface area (Å²) in [6, 6.07) is 15.1. The van der Waals surface area contributed by atoms with Crippen LogP contribution in [0.1, 0.15) is 13.8 Å². The van der Waals surface area contributed by atoms with Gasteiger partial charge in [-0.15, -0.1) is 0 Å². The number of hydrogen-bond acceptors (Lipinski definition) is 5. The number of hydrogen-bond donors (Lipinski definition) is 2. The maximum atomic E-state index is 10.6. The highest BCUT2D eigenvalue weighted by Gasteiger charge is 2.17. The first-order chi connectivity index (χ1) is 11.6. The molecule has 0 unspecified atom stereocenters. The van der Waals surface area contributed by atoms with Crippen molar-refractivity contribution >= 4 is 5.95 Å². The van der Waals surface area contributed by atoms with Crippen molar-refractivity contribution in [3.05, 3.63) is 54.7 Å². The topological polar surface area (TPSA) is 81.3 Å². The number of para-hydroxylation sites is 1. The summed E-state index contributed by atoms with van der Waals surface area (Å²) < 4.78 is 5.66. The van der Waals surface area contributed by atoms with Gasteiger partial charge >= 0.3 is 0 Å². The zero-order valence-electron chi connectivity index (χ0n) is 13.6. The third-order valence-electron chi connectivity index (χ3n) is 3.51. The van der Waals surface area contributed by atoms with Crippen LogP contribution in [-0.4, -0.2) is 21.2 Å². The van der Waals surface area contributed by atoms with Crippen LogP contribution in [0.25, 0.3) is 22.4 Å². The molecule has 3 N–H and O–H groups in total. The molecule has 0 fully saturated rings.